The van der Waals surface area contributed by atoms with Crippen molar-refractivity contribution in [2.75, 3.05) is 39.6 Å². The lowest BCUT2D eigenvalue weighted by Crippen LogP contribution is -2.30. The third-order valence-corrected chi connectivity index (χ3v) is 17.9. The van der Waals surface area contributed by atoms with Crippen LogP contribution in [-0.2, 0) is 65.4 Å². The third-order valence-electron chi connectivity index (χ3n) is 16.0. The molecule has 0 heterocycles. The van der Waals surface area contributed by atoms with Crippen LogP contribution in [0.1, 0.15) is 337 Å². The van der Waals surface area contributed by atoms with Gasteiger partial charge in [-0.25, -0.2) is 9.13 Å². The quantitative estimate of drug-likeness (QED) is 0.0222. The van der Waals surface area contributed by atoms with Gasteiger partial charge in [0.2, 0.25) is 0 Å². The Bertz CT molecular complexity index is 1720. The van der Waals surface area contributed by atoms with Crippen LogP contribution >= 0.6 is 15.6 Å². The van der Waals surface area contributed by atoms with Crippen LogP contribution in [0.4, 0.5) is 0 Å². The maximum atomic E-state index is 13.0. The smallest absolute Gasteiger partial charge is 0.462 e. The highest BCUT2D eigenvalue weighted by Crippen LogP contribution is 2.45. The van der Waals surface area contributed by atoms with Gasteiger partial charge in [-0.2, -0.15) is 0 Å². The number of aliphatic hydroxyl groups is 1. The first-order chi connectivity index (χ1) is 41.8. The van der Waals surface area contributed by atoms with Gasteiger partial charge in [0.1, 0.15) is 19.3 Å². The van der Waals surface area contributed by atoms with Gasteiger partial charge in [0.25, 0.3) is 0 Å². The molecule has 0 saturated heterocycles. The maximum absolute atomic E-state index is 13.0. The Morgan fingerprint density at radius 1 is 0.333 bits per heavy atom. The largest absolute Gasteiger partial charge is 0.472 e. The molecule has 6 atom stereocenters. The summed E-state index contributed by atoms with van der Waals surface area (Å²) in [4.78, 5) is 72.4. The van der Waals surface area contributed by atoms with Crippen molar-refractivity contribution >= 4 is 39.5 Å². The van der Waals surface area contributed by atoms with Crippen LogP contribution in [0, 0.1) is 17.8 Å². The van der Waals surface area contributed by atoms with E-state index in [-0.39, 0.29) is 25.7 Å². The van der Waals surface area contributed by atoms with Gasteiger partial charge >= 0.3 is 39.5 Å². The molecule has 0 bridgehead atoms. The first-order valence-electron chi connectivity index (χ1n) is 35.4. The maximum Gasteiger partial charge on any atom is 0.472 e. The van der Waals surface area contributed by atoms with Crippen molar-refractivity contribution in [3.63, 3.8) is 0 Å². The summed E-state index contributed by atoms with van der Waals surface area (Å²) in [5, 5.41) is 10.6. The number of carbonyl (C=O) groups is 4. The van der Waals surface area contributed by atoms with Crippen molar-refractivity contribution in [3.8, 4) is 0 Å². The summed E-state index contributed by atoms with van der Waals surface area (Å²) in [7, 11) is -9.90. The number of hydrogen-bond donors (Lipinski definition) is 3. The monoisotopic (exact) mass is 1280 g/mol. The highest BCUT2D eigenvalue weighted by Gasteiger charge is 2.30. The van der Waals surface area contributed by atoms with E-state index in [1.54, 1.807) is 0 Å². The van der Waals surface area contributed by atoms with Crippen LogP contribution in [0.5, 0.6) is 0 Å². The average molecular weight is 1280 g/mol. The lowest BCUT2D eigenvalue weighted by atomic mass is 9.99. The topological polar surface area (TPSA) is 237 Å². The highest BCUT2D eigenvalue weighted by atomic mass is 31.2. The Morgan fingerprint density at radius 3 is 0.874 bits per heavy atom. The zero-order valence-corrected chi connectivity index (χ0v) is 58.3. The molecule has 0 saturated carbocycles. The van der Waals surface area contributed by atoms with Gasteiger partial charge in [0.05, 0.1) is 26.4 Å². The summed E-state index contributed by atoms with van der Waals surface area (Å²) in [5.74, 6) is 0.148. The second kappa shape index (κ2) is 59.1. The van der Waals surface area contributed by atoms with Gasteiger partial charge in [-0.15, -0.1) is 0 Å². The molecule has 0 radical (unpaired) electrons. The molecule has 0 fully saturated rings. The second-order valence-electron chi connectivity index (χ2n) is 25.8. The molecule has 516 valence electrons. The number of rotatable bonds is 66. The molecule has 0 aromatic rings. The van der Waals surface area contributed by atoms with Crippen LogP contribution in [0.25, 0.3) is 0 Å². The second-order valence-corrected chi connectivity index (χ2v) is 28.7. The van der Waals surface area contributed by atoms with E-state index in [4.69, 9.17) is 37.0 Å². The third kappa shape index (κ3) is 61.3. The van der Waals surface area contributed by atoms with E-state index in [1.165, 1.54) is 148 Å². The minimum absolute atomic E-state index is 0.105. The number of hydrogen-bond acceptors (Lipinski definition) is 15. The van der Waals surface area contributed by atoms with Crippen molar-refractivity contribution in [3.05, 3.63) is 0 Å². The number of aliphatic hydroxyl groups excluding tert-OH is 1. The Balaban J connectivity index is 5.26. The highest BCUT2D eigenvalue weighted by molar-refractivity contribution is 7.47. The molecule has 0 aliphatic heterocycles. The molecule has 0 aliphatic carbocycles. The van der Waals surface area contributed by atoms with Gasteiger partial charge in [-0.3, -0.25) is 37.3 Å². The Kier molecular flexibility index (Phi) is 57.8. The van der Waals surface area contributed by atoms with Crippen molar-refractivity contribution in [1.29, 1.82) is 0 Å². The van der Waals surface area contributed by atoms with Gasteiger partial charge in [0.15, 0.2) is 12.2 Å². The molecule has 0 aromatic heterocycles. The van der Waals surface area contributed by atoms with E-state index in [0.29, 0.717) is 25.7 Å². The molecule has 3 N–H and O–H groups in total. The molecule has 17 nitrogen and oxygen atoms in total. The predicted octanol–water partition coefficient (Wildman–Crippen LogP) is 19.1. The summed E-state index contributed by atoms with van der Waals surface area (Å²) < 4.78 is 68.2. The van der Waals surface area contributed by atoms with Crippen LogP contribution in [0.3, 0.4) is 0 Å². The Morgan fingerprint density at radius 2 is 0.586 bits per heavy atom. The molecule has 3 unspecified atom stereocenters. The minimum atomic E-state index is -4.95. The van der Waals surface area contributed by atoms with E-state index in [9.17, 15) is 43.2 Å². The summed E-state index contributed by atoms with van der Waals surface area (Å²) >= 11 is 0. The molecule has 87 heavy (non-hydrogen) atoms. The molecule has 0 amide bonds. The summed E-state index contributed by atoms with van der Waals surface area (Å²) in [5.41, 5.74) is 0. The number of esters is 4. The fraction of sp³-hybridized carbons (Fsp3) is 0.941. The number of unbranched alkanes of at least 4 members (excludes halogenated alkanes) is 33. The summed E-state index contributed by atoms with van der Waals surface area (Å²) in [6, 6.07) is 0. The first-order valence-corrected chi connectivity index (χ1v) is 38.4. The normalized spacial score (nSPS) is 14.6. The standard InChI is InChI=1S/C68H132O17P2/c1-8-10-11-12-13-18-28-35-42-49-65(70)78-55-64(85-68(73)52-45-38-31-24-23-27-34-41-48-61(7)9-2)58-83-87(76,77)81-54-62(69)53-80-86(74,75)82-57-63(56-79-66(71)50-43-36-29-22-17-20-26-33-40-47-60(5)6)84-67(72)51-44-37-30-21-16-14-15-19-25-32-39-46-59(3)4/h59-64,69H,8-58H2,1-7H3,(H,74,75)(H,76,77)/t61?,62-,63-,64-/m1/s1. The van der Waals surface area contributed by atoms with E-state index >= 15 is 0 Å². The number of ether oxygens (including phenoxy) is 4. The Labute approximate surface area is 530 Å². The van der Waals surface area contributed by atoms with Crippen LogP contribution < -0.4 is 0 Å². The first kappa shape index (κ1) is 85.1. The SMILES string of the molecule is CCCCCCCCCCCC(=O)OC[C@H](COP(=O)(O)OC[C@H](O)COP(=O)(O)OC[C@@H](COC(=O)CCCCCCCCCCCC(C)C)OC(=O)CCCCCCCCCCCCCC(C)C)OC(=O)CCCCCCCCCCC(C)CC. The summed E-state index contributed by atoms with van der Waals surface area (Å²) in [6.07, 6.45) is 41.6. The number of phosphoric acid groups is 2. The lowest BCUT2D eigenvalue weighted by molar-refractivity contribution is -0.161. The number of carbonyl (C=O) groups excluding carboxylic acids is 4. The Hall–Kier alpha value is -1.94. The van der Waals surface area contributed by atoms with E-state index < -0.39 is 97.5 Å². The molecular formula is C68H132O17P2. The summed E-state index contributed by atoms with van der Waals surface area (Å²) in [6.45, 7) is 11.8. The van der Waals surface area contributed by atoms with Gasteiger partial charge in [-0.1, -0.05) is 286 Å². The van der Waals surface area contributed by atoms with E-state index in [2.05, 4.69) is 48.5 Å². The molecule has 0 spiro atoms. The zero-order valence-electron chi connectivity index (χ0n) is 56.5. The predicted molar refractivity (Wildman–Crippen MR) is 349 cm³/mol. The number of phosphoric ester groups is 2. The lowest BCUT2D eigenvalue weighted by Gasteiger charge is -2.21. The molecule has 0 aliphatic rings. The molecule has 19 heteroatoms. The van der Waals surface area contributed by atoms with Crippen molar-refractivity contribution in [1.82, 2.24) is 0 Å². The molecule has 0 aromatic carbocycles. The molecular weight excluding hydrogens is 1150 g/mol. The van der Waals surface area contributed by atoms with Crippen LogP contribution in [0.2, 0.25) is 0 Å². The van der Waals surface area contributed by atoms with Gasteiger partial charge in [-0.05, 0) is 43.4 Å². The molecule has 0 rings (SSSR count). The van der Waals surface area contributed by atoms with Crippen molar-refractivity contribution in [2.45, 2.75) is 356 Å². The van der Waals surface area contributed by atoms with E-state index in [1.807, 2.05) is 0 Å². The average Bonchev–Trinajstić information content (AvgIpc) is 3.69. The van der Waals surface area contributed by atoms with Crippen LogP contribution in [-0.4, -0.2) is 96.7 Å². The van der Waals surface area contributed by atoms with Crippen molar-refractivity contribution in [2.24, 2.45) is 17.8 Å². The van der Waals surface area contributed by atoms with E-state index in [0.717, 1.165) is 108 Å². The van der Waals surface area contributed by atoms with Gasteiger partial charge in [0, 0.05) is 25.7 Å². The zero-order chi connectivity index (χ0) is 64.5. The van der Waals surface area contributed by atoms with Gasteiger partial charge < -0.3 is 33.8 Å². The fourth-order valence-electron chi connectivity index (χ4n) is 10.2. The van der Waals surface area contributed by atoms with Crippen LogP contribution in [0.15, 0.2) is 0 Å². The minimum Gasteiger partial charge on any atom is -0.462 e. The fourth-order valence-corrected chi connectivity index (χ4v) is 11.7. The van der Waals surface area contributed by atoms with Crippen molar-refractivity contribution < 1.29 is 80.2 Å².